The van der Waals surface area contributed by atoms with Crippen molar-refractivity contribution in [2.75, 3.05) is 18.6 Å². The summed E-state index contributed by atoms with van der Waals surface area (Å²) in [4.78, 5) is 41.6. The third-order valence-electron chi connectivity index (χ3n) is 7.36. The minimum atomic E-state index is -3.05. The van der Waals surface area contributed by atoms with Crippen molar-refractivity contribution in [1.29, 1.82) is 0 Å². The summed E-state index contributed by atoms with van der Waals surface area (Å²) in [6.07, 6.45) is 3.65. The van der Waals surface area contributed by atoms with Gasteiger partial charge in [0.2, 0.25) is 5.91 Å². The molecule has 8 nitrogen and oxygen atoms in total. The van der Waals surface area contributed by atoms with Gasteiger partial charge in [0.05, 0.1) is 7.11 Å². The molecule has 1 aliphatic heterocycles. The zero-order valence-corrected chi connectivity index (χ0v) is 22.2. The van der Waals surface area contributed by atoms with Crippen molar-refractivity contribution >= 4 is 17.5 Å². The second kappa shape index (κ2) is 11.3. The van der Waals surface area contributed by atoms with E-state index in [2.05, 4.69) is 10.1 Å². The number of aromatic nitrogens is 1. The summed E-state index contributed by atoms with van der Waals surface area (Å²) in [6, 6.07) is 6.93. The van der Waals surface area contributed by atoms with Crippen molar-refractivity contribution in [3.05, 3.63) is 87.3 Å². The van der Waals surface area contributed by atoms with Crippen molar-refractivity contribution in [2.45, 2.75) is 44.9 Å². The topological polar surface area (TPSA) is 89.9 Å². The highest BCUT2D eigenvalue weighted by atomic mass is 19.3. The SMILES string of the molecule is COc1cc(F)c([C@@H]2CN(c3c(C)ccn(CC4CC4)c3=O)C(=O)[C@H]2NC(=O)c2ccc(OC(F)F)cc2)c(F)c1. The van der Waals surface area contributed by atoms with Crippen molar-refractivity contribution in [3.63, 3.8) is 0 Å². The molecular formula is C29H27F4N3O5. The van der Waals surface area contributed by atoms with Crippen LogP contribution in [0.5, 0.6) is 11.5 Å². The highest BCUT2D eigenvalue weighted by molar-refractivity contribution is 6.05. The number of alkyl halides is 2. The molecule has 2 amide bonds. The van der Waals surface area contributed by atoms with E-state index in [1.54, 1.807) is 19.2 Å². The fourth-order valence-corrected chi connectivity index (χ4v) is 5.10. The molecule has 0 unspecified atom stereocenters. The number of benzene rings is 2. The Hall–Kier alpha value is -4.35. The number of halogens is 4. The first kappa shape index (κ1) is 28.2. The minimum absolute atomic E-state index is 0.00466. The Kier molecular flexibility index (Phi) is 7.74. The van der Waals surface area contributed by atoms with Gasteiger partial charge in [0.1, 0.15) is 34.9 Å². The van der Waals surface area contributed by atoms with Gasteiger partial charge in [-0.2, -0.15) is 8.78 Å². The summed E-state index contributed by atoms with van der Waals surface area (Å²) in [5, 5.41) is 2.54. The van der Waals surface area contributed by atoms with Crippen LogP contribution in [0.3, 0.4) is 0 Å². The normalized spacial score (nSPS) is 18.6. The van der Waals surface area contributed by atoms with Crippen LogP contribution in [0.15, 0.2) is 53.5 Å². The quantitative estimate of drug-likeness (QED) is 0.384. The van der Waals surface area contributed by atoms with Crippen LogP contribution in [0.4, 0.5) is 23.2 Å². The first-order valence-corrected chi connectivity index (χ1v) is 13.0. The molecule has 2 atom stereocenters. The van der Waals surface area contributed by atoms with Gasteiger partial charge in [0.15, 0.2) is 0 Å². The number of carbonyl (C=O) groups is 2. The lowest BCUT2D eigenvalue weighted by atomic mass is 9.92. The molecule has 12 heteroatoms. The molecular weight excluding hydrogens is 546 g/mol. The Balaban J connectivity index is 1.52. The van der Waals surface area contributed by atoms with Gasteiger partial charge in [-0.1, -0.05) is 0 Å². The molecule has 216 valence electrons. The molecule has 0 spiro atoms. The third kappa shape index (κ3) is 5.77. The van der Waals surface area contributed by atoms with Gasteiger partial charge in [0, 0.05) is 48.5 Å². The maximum atomic E-state index is 15.3. The van der Waals surface area contributed by atoms with E-state index in [1.165, 1.54) is 28.7 Å². The Morgan fingerprint density at radius 2 is 1.71 bits per heavy atom. The van der Waals surface area contributed by atoms with E-state index in [1.807, 2.05) is 0 Å². The average molecular weight is 574 g/mol. The second-order valence-corrected chi connectivity index (χ2v) is 10.2. The lowest BCUT2D eigenvalue weighted by Crippen LogP contribution is -2.45. The predicted octanol–water partition coefficient (Wildman–Crippen LogP) is 4.38. The van der Waals surface area contributed by atoms with Crippen LogP contribution in [0.2, 0.25) is 0 Å². The largest absolute Gasteiger partial charge is 0.497 e. The Morgan fingerprint density at radius 3 is 2.29 bits per heavy atom. The van der Waals surface area contributed by atoms with Crippen LogP contribution >= 0.6 is 0 Å². The fourth-order valence-electron chi connectivity index (χ4n) is 5.10. The summed E-state index contributed by atoms with van der Waals surface area (Å²) in [5.41, 5.74) is -0.301. The van der Waals surface area contributed by atoms with Gasteiger partial charge in [-0.05, 0) is 61.6 Å². The number of nitrogens with one attached hydrogen (secondary N) is 1. The number of hydrogen-bond acceptors (Lipinski definition) is 5. The van der Waals surface area contributed by atoms with Crippen molar-refractivity contribution in [3.8, 4) is 11.5 Å². The number of nitrogens with zero attached hydrogens (tertiary/aromatic N) is 2. The van der Waals surface area contributed by atoms with Gasteiger partial charge in [-0.3, -0.25) is 14.4 Å². The van der Waals surface area contributed by atoms with Gasteiger partial charge in [-0.25, -0.2) is 8.78 Å². The van der Waals surface area contributed by atoms with E-state index in [0.717, 1.165) is 37.1 Å². The Bertz CT molecular complexity index is 1520. The van der Waals surface area contributed by atoms with E-state index in [-0.39, 0.29) is 29.3 Å². The van der Waals surface area contributed by atoms with E-state index in [0.29, 0.717) is 18.0 Å². The highest BCUT2D eigenvalue weighted by Gasteiger charge is 2.46. The number of anilines is 1. The van der Waals surface area contributed by atoms with Crippen LogP contribution in [-0.4, -0.2) is 42.7 Å². The molecule has 2 heterocycles. The summed E-state index contributed by atoms with van der Waals surface area (Å²) >= 11 is 0. The van der Waals surface area contributed by atoms with Gasteiger partial charge in [-0.15, -0.1) is 0 Å². The molecule has 1 saturated carbocycles. The molecule has 3 aromatic rings. The standard InChI is InChI=1S/C29H27F4N3O5/c1-15-9-10-35(13-16-3-4-16)28(39)25(15)36-14-20(23-21(30)11-19(40-2)12-22(23)31)24(27(36)38)34-26(37)17-5-7-18(8-6-17)41-29(32)33/h5-12,16,20,24,29H,3-4,13-14H2,1-2H3,(H,34,37)/t20-,24-/m0/s1. The predicted molar refractivity (Wildman–Crippen MR) is 140 cm³/mol. The first-order valence-electron chi connectivity index (χ1n) is 13.0. The molecule has 1 aromatic heterocycles. The lowest BCUT2D eigenvalue weighted by molar-refractivity contribution is -0.118. The molecule has 1 saturated heterocycles. The van der Waals surface area contributed by atoms with Crippen LogP contribution in [-0.2, 0) is 11.3 Å². The van der Waals surface area contributed by atoms with Crippen molar-refractivity contribution < 1.29 is 36.6 Å². The Morgan fingerprint density at radius 1 is 1.05 bits per heavy atom. The number of rotatable bonds is 9. The van der Waals surface area contributed by atoms with Crippen LogP contribution in [0, 0.1) is 24.5 Å². The van der Waals surface area contributed by atoms with Crippen LogP contribution in [0.25, 0.3) is 0 Å². The molecule has 1 N–H and O–H groups in total. The molecule has 2 aromatic carbocycles. The van der Waals surface area contributed by atoms with Crippen LogP contribution in [0.1, 0.15) is 40.2 Å². The second-order valence-electron chi connectivity index (χ2n) is 10.2. The maximum Gasteiger partial charge on any atom is 0.387 e. The van der Waals surface area contributed by atoms with E-state index in [4.69, 9.17) is 4.74 Å². The third-order valence-corrected chi connectivity index (χ3v) is 7.36. The zero-order chi connectivity index (χ0) is 29.4. The number of methoxy groups -OCH3 is 1. The first-order chi connectivity index (χ1) is 19.6. The molecule has 0 bridgehead atoms. The number of aryl methyl sites for hydroxylation is 1. The molecule has 1 aliphatic carbocycles. The van der Waals surface area contributed by atoms with Crippen molar-refractivity contribution in [1.82, 2.24) is 9.88 Å². The van der Waals surface area contributed by atoms with Gasteiger partial charge in [0.25, 0.3) is 11.5 Å². The van der Waals surface area contributed by atoms with Crippen LogP contribution < -0.4 is 25.2 Å². The fraction of sp³-hybridized carbons (Fsp3) is 0.345. The van der Waals surface area contributed by atoms with Gasteiger partial charge < -0.3 is 24.3 Å². The maximum absolute atomic E-state index is 15.3. The summed E-state index contributed by atoms with van der Waals surface area (Å²) in [7, 11) is 1.25. The molecule has 2 fully saturated rings. The zero-order valence-electron chi connectivity index (χ0n) is 22.2. The smallest absolute Gasteiger partial charge is 0.387 e. The highest BCUT2D eigenvalue weighted by Crippen LogP contribution is 2.37. The molecule has 5 rings (SSSR count). The summed E-state index contributed by atoms with van der Waals surface area (Å²) in [6.45, 7) is -1.19. The molecule has 2 aliphatic rings. The number of pyridine rings is 1. The monoisotopic (exact) mass is 573 g/mol. The average Bonchev–Trinajstić information content (AvgIpc) is 3.70. The lowest BCUT2D eigenvalue weighted by Gasteiger charge is -2.20. The summed E-state index contributed by atoms with van der Waals surface area (Å²) < 4.78 is 66.3. The molecule has 41 heavy (non-hydrogen) atoms. The van der Waals surface area contributed by atoms with E-state index >= 15 is 8.78 Å². The number of ether oxygens (including phenoxy) is 2. The number of carbonyl (C=O) groups excluding carboxylic acids is 2. The van der Waals surface area contributed by atoms with E-state index < -0.39 is 53.1 Å². The number of amides is 2. The van der Waals surface area contributed by atoms with Crippen molar-refractivity contribution in [2.24, 2.45) is 5.92 Å². The van der Waals surface area contributed by atoms with Gasteiger partial charge >= 0.3 is 6.61 Å². The summed E-state index contributed by atoms with van der Waals surface area (Å²) in [5.74, 6) is -4.56. The molecule has 0 radical (unpaired) electrons. The number of hydrogen-bond donors (Lipinski definition) is 1. The minimum Gasteiger partial charge on any atom is -0.497 e. The Labute approximate surface area is 232 Å². The van der Waals surface area contributed by atoms with E-state index in [9.17, 15) is 23.2 Å².